The maximum absolute atomic E-state index is 5.34. The number of nitrogens with zero attached hydrogens (tertiary/aromatic N) is 4. The molecule has 1 unspecified atom stereocenters. The van der Waals surface area contributed by atoms with Crippen LogP contribution in [0.1, 0.15) is 52.9 Å². The summed E-state index contributed by atoms with van der Waals surface area (Å²) in [6.07, 6.45) is 6.19. The van der Waals surface area contributed by atoms with Crippen LogP contribution in [0.15, 0.2) is 6.07 Å². The highest BCUT2D eigenvalue weighted by Crippen LogP contribution is 2.29. The normalized spacial score (nSPS) is 21.6. The quantitative estimate of drug-likeness (QED) is 0.781. The van der Waals surface area contributed by atoms with E-state index in [-0.39, 0.29) is 0 Å². The van der Waals surface area contributed by atoms with Gasteiger partial charge in [-0.15, -0.1) is 0 Å². The topological polar surface area (TPSA) is 56.3 Å². The van der Waals surface area contributed by atoms with Gasteiger partial charge in [0.05, 0.1) is 0 Å². The summed E-state index contributed by atoms with van der Waals surface area (Å²) in [5, 5.41) is 6.87. The predicted octanol–water partition coefficient (Wildman–Crippen LogP) is 3.40. The number of thiocarbonyl (C=S) groups is 1. The number of rotatable bonds is 4. The van der Waals surface area contributed by atoms with Gasteiger partial charge in [-0.1, -0.05) is 6.92 Å². The summed E-state index contributed by atoms with van der Waals surface area (Å²) < 4.78 is 0. The summed E-state index contributed by atoms with van der Waals surface area (Å²) in [6, 6.07) is 2.68. The molecule has 2 fully saturated rings. The minimum atomic E-state index is 0.515. The largest absolute Gasteiger partial charge is 0.363 e. The van der Waals surface area contributed by atoms with Crippen LogP contribution in [-0.4, -0.2) is 47.3 Å². The Kier molecular flexibility index (Phi) is 6.51. The minimum Gasteiger partial charge on any atom is -0.363 e. The van der Waals surface area contributed by atoms with Crippen molar-refractivity contribution >= 4 is 34.9 Å². The van der Waals surface area contributed by atoms with Gasteiger partial charge in [0.2, 0.25) is 5.95 Å². The third kappa shape index (κ3) is 4.75. The lowest BCUT2D eigenvalue weighted by Gasteiger charge is -2.36. The summed E-state index contributed by atoms with van der Waals surface area (Å²) in [5.41, 5.74) is 0. The van der Waals surface area contributed by atoms with Gasteiger partial charge in [-0.05, 0) is 64.1 Å². The van der Waals surface area contributed by atoms with Crippen LogP contribution in [0.2, 0.25) is 0 Å². The standard InChI is InChI=1S/C19H32N6S/c1-4-20-19(26)23-18-21-16(24-11-8-14(2)9-12-24)13-17(22-18)25-10-6-5-7-15(25)3/h13-15H,4-12H2,1-3H3,(H2,20,21,22,23,26). The van der Waals surface area contributed by atoms with Crippen LogP contribution in [0.5, 0.6) is 0 Å². The van der Waals surface area contributed by atoms with E-state index in [9.17, 15) is 0 Å². The van der Waals surface area contributed by atoms with E-state index in [0.29, 0.717) is 17.1 Å². The van der Waals surface area contributed by atoms with E-state index in [1.165, 1.54) is 32.1 Å². The van der Waals surface area contributed by atoms with E-state index in [1.54, 1.807) is 0 Å². The molecule has 0 saturated carbocycles. The smallest absolute Gasteiger partial charge is 0.232 e. The molecule has 1 aromatic rings. The highest BCUT2D eigenvalue weighted by atomic mass is 32.1. The number of hydrogen-bond donors (Lipinski definition) is 2. The first kappa shape index (κ1) is 19.1. The highest BCUT2D eigenvalue weighted by molar-refractivity contribution is 7.80. The number of anilines is 3. The van der Waals surface area contributed by atoms with Crippen molar-refractivity contribution in [1.82, 2.24) is 15.3 Å². The van der Waals surface area contributed by atoms with Gasteiger partial charge in [-0.25, -0.2) is 0 Å². The molecule has 1 atom stereocenters. The first-order chi connectivity index (χ1) is 12.6. The maximum atomic E-state index is 5.34. The Morgan fingerprint density at radius 1 is 1.12 bits per heavy atom. The molecule has 0 bridgehead atoms. The zero-order valence-electron chi connectivity index (χ0n) is 16.3. The third-order valence-electron chi connectivity index (χ3n) is 5.47. The van der Waals surface area contributed by atoms with Gasteiger partial charge in [-0.2, -0.15) is 9.97 Å². The SMILES string of the molecule is CCNC(=S)Nc1nc(N2CCC(C)CC2)cc(N2CCCCC2C)n1. The van der Waals surface area contributed by atoms with Gasteiger partial charge in [0.1, 0.15) is 11.6 Å². The van der Waals surface area contributed by atoms with Crippen molar-refractivity contribution in [3.8, 4) is 0 Å². The molecular formula is C19H32N6S. The van der Waals surface area contributed by atoms with Gasteiger partial charge < -0.3 is 20.4 Å². The molecule has 2 saturated heterocycles. The number of aromatic nitrogens is 2. The molecule has 0 spiro atoms. The Balaban J connectivity index is 1.87. The monoisotopic (exact) mass is 376 g/mol. The Bertz CT molecular complexity index is 614. The van der Waals surface area contributed by atoms with E-state index in [1.807, 2.05) is 6.92 Å². The summed E-state index contributed by atoms with van der Waals surface area (Å²) in [6.45, 7) is 10.6. The van der Waals surface area contributed by atoms with Gasteiger partial charge in [0.25, 0.3) is 0 Å². The molecule has 2 N–H and O–H groups in total. The van der Waals surface area contributed by atoms with E-state index < -0.39 is 0 Å². The van der Waals surface area contributed by atoms with Crippen LogP contribution < -0.4 is 20.4 Å². The Hall–Kier alpha value is -1.63. The number of hydrogen-bond acceptors (Lipinski definition) is 5. The summed E-state index contributed by atoms with van der Waals surface area (Å²) in [4.78, 5) is 14.4. The van der Waals surface area contributed by atoms with Gasteiger partial charge in [0.15, 0.2) is 5.11 Å². The van der Waals surface area contributed by atoms with Crippen molar-refractivity contribution in [2.75, 3.05) is 41.3 Å². The third-order valence-corrected chi connectivity index (χ3v) is 5.71. The summed E-state index contributed by atoms with van der Waals surface area (Å²) in [7, 11) is 0. The zero-order chi connectivity index (χ0) is 18.5. The second kappa shape index (κ2) is 8.84. The Morgan fingerprint density at radius 3 is 2.54 bits per heavy atom. The van der Waals surface area contributed by atoms with Gasteiger partial charge in [0, 0.05) is 38.3 Å². The fraction of sp³-hybridized carbons (Fsp3) is 0.737. The molecular weight excluding hydrogens is 344 g/mol. The van der Waals surface area contributed by atoms with Crippen molar-refractivity contribution in [2.24, 2.45) is 5.92 Å². The van der Waals surface area contributed by atoms with Crippen molar-refractivity contribution in [3.63, 3.8) is 0 Å². The van der Waals surface area contributed by atoms with Crippen LogP contribution in [0, 0.1) is 5.92 Å². The second-order valence-electron chi connectivity index (χ2n) is 7.60. The lowest BCUT2D eigenvalue weighted by Crippen LogP contribution is -2.39. The number of nitrogens with one attached hydrogen (secondary N) is 2. The van der Waals surface area contributed by atoms with E-state index >= 15 is 0 Å². The molecule has 0 radical (unpaired) electrons. The summed E-state index contributed by atoms with van der Waals surface area (Å²) >= 11 is 5.34. The van der Waals surface area contributed by atoms with Crippen molar-refractivity contribution in [1.29, 1.82) is 0 Å². The molecule has 6 nitrogen and oxygen atoms in total. The molecule has 7 heteroatoms. The predicted molar refractivity (Wildman–Crippen MR) is 113 cm³/mol. The lowest BCUT2D eigenvalue weighted by molar-refractivity contribution is 0.436. The van der Waals surface area contributed by atoms with E-state index in [2.05, 4.69) is 40.3 Å². The van der Waals surface area contributed by atoms with Crippen molar-refractivity contribution in [2.45, 2.75) is 58.9 Å². The average Bonchev–Trinajstić information content (AvgIpc) is 2.62. The van der Waals surface area contributed by atoms with Crippen LogP contribution in [0.3, 0.4) is 0 Å². The number of piperidine rings is 2. The van der Waals surface area contributed by atoms with Gasteiger partial charge in [-0.3, -0.25) is 0 Å². The van der Waals surface area contributed by atoms with E-state index in [0.717, 1.165) is 43.7 Å². The van der Waals surface area contributed by atoms with Crippen LogP contribution >= 0.6 is 12.2 Å². The fourth-order valence-electron chi connectivity index (χ4n) is 3.77. The minimum absolute atomic E-state index is 0.515. The van der Waals surface area contributed by atoms with Crippen LogP contribution in [0.4, 0.5) is 17.6 Å². The first-order valence-electron chi connectivity index (χ1n) is 10.0. The van der Waals surface area contributed by atoms with Gasteiger partial charge >= 0.3 is 0 Å². The Morgan fingerprint density at radius 2 is 1.85 bits per heavy atom. The molecule has 3 rings (SSSR count). The highest BCUT2D eigenvalue weighted by Gasteiger charge is 2.23. The molecule has 3 heterocycles. The average molecular weight is 377 g/mol. The second-order valence-corrected chi connectivity index (χ2v) is 8.01. The molecule has 2 aliphatic heterocycles. The summed E-state index contributed by atoms with van der Waals surface area (Å²) in [5.74, 6) is 3.43. The Labute approximate surface area is 162 Å². The van der Waals surface area contributed by atoms with Crippen LogP contribution in [0.25, 0.3) is 0 Å². The van der Waals surface area contributed by atoms with E-state index in [4.69, 9.17) is 22.2 Å². The molecule has 0 aliphatic carbocycles. The first-order valence-corrected chi connectivity index (χ1v) is 10.4. The maximum Gasteiger partial charge on any atom is 0.232 e. The lowest BCUT2D eigenvalue weighted by atomic mass is 9.99. The van der Waals surface area contributed by atoms with Crippen molar-refractivity contribution < 1.29 is 0 Å². The molecule has 1 aromatic heterocycles. The zero-order valence-corrected chi connectivity index (χ0v) is 17.1. The molecule has 2 aliphatic rings. The molecule has 26 heavy (non-hydrogen) atoms. The molecule has 0 aromatic carbocycles. The fourth-order valence-corrected chi connectivity index (χ4v) is 4.01. The molecule has 144 valence electrons. The van der Waals surface area contributed by atoms with Crippen molar-refractivity contribution in [3.05, 3.63) is 6.07 Å². The van der Waals surface area contributed by atoms with Crippen LogP contribution in [-0.2, 0) is 0 Å². The molecule has 0 amide bonds.